The second kappa shape index (κ2) is 8.44. The number of fused-ring (bicyclic) bond motifs is 1. The van der Waals surface area contributed by atoms with Gasteiger partial charge in [-0.1, -0.05) is 35.9 Å². The normalized spacial score (nSPS) is 10.9. The van der Waals surface area contributed by atoms with Crippen LogP contribution in [0.25, 0.3) is 11.0 Å². The van der Waals surface area contributed by atoms with E-state index < -0.39 is 0 Å². The van der Waals surface area contributed by atoms with Crippen LogP contribution in [0.3, 0.4) is 0 Å². The fraction of sp³-hybridized carbons (Fsp3) is 0.300. The fourth-order valence-electron chi connectivity index (χ4n) is 2.90. The predicted octanol–water partition coefficient (Wildman–Crippen LogP) is 2.03. The van der Waals surface area contributed by atoms with Crippen molar-refractivity contribution < 1.29 is 4.79 Å². The van der Waals surface area contributed by atoms with Crippen LogP contribution in [0.15, 0.2) is 54.2 Å². The first-order chi connectivity index (χ1) is 13.1. The Morgan fingerprint density at radius 2 is 2.22 bits per heavy atom. The van der Waals surface area contributed by atoms with Gasteiger partial charge in [0.1, 0.15) is 11.7 Å². The Bertz CT molecular complexity index is 1020. The standard InChI is InChI=1S/C20H23N5O2/c1-3-4-8-18(26)21-9-10-25-19-17(12-23-25)20(27)24(14-22-19)13-16-7-5-6-15(2)11-16/h3,5-7,11-12,14H,1,4,8-10,13H2,2H3,(H,21,26). The van der Waals surface area contributed by atoms with Crippen LogP contribution in [-0.2, 0) is 17.9 Å². The maximum atomic E-state index is 12.7. The van der Waals surface area contributed by atoms with Gasteiger partial charge in [0.05, 0.1) is 19.3 Å². The van der Waals surface area contributed by atoms with Gasteiger partial charge in [0.15, 0.2) is 5.65 Å². The third-order valence-electron chi connectivity index (χ3n) is 4.28. The minimum atomic E-state index is -0.122. The Morgan fingerprint density at radius 1 is 1.37 bits per heavy atom. The van der Waals surface area contributed by atoms with E-state index in [1.807, 2.05) is 25.1 Å². The van der Waals surface area contributed by atoms with Crippen LogP contribution in [0.2, 0.25) is 0 Å². The van der Waals surface area contributed by atoms with E-state index >= 15 is 0 Å². The van der Waals surface area contributed by atoms with Crippen LogP contribution in [0, 0.1) is 6.92 Å². The molecule has 0 aliphatic heterocycles. The lowest BCUT2D eigenvalue weighted by atomic mass is 10.1. The molecule has 0 aliphatic carbocycles. The van der Waals surface area contributed by atoms with Crippen molar-refractivity contribution in [3.8, 4) is 0 Å². The highest BCUT2D eigenvalue weighted by Gasteiger charge is 2.10. The van der Waals surface area contributed by atoms with Crippen LogP contribution in [-0.4, -0.2) is 31.8 Å². The monoisotopic (exact) mass is 365 g/mol. The highest BCUT2D eigenvalue weighted by atomic mass is 16.1. The molecule has 0 saturated carbocycles. The number of nitrogens with zero attached hydrogens (tertiary/aromatic N) is 4. The SMILES string of the molecule is C=CCCC(=O)NCCn1ncc2c(=O)n(Cc3cccc(C)c3)cnc21. The van der Waals surface area contributed by atoms with Crippen molar-refractivity contribution >= 4 is 16.9 Å². The van der Waals surface area contributed by atoms with Gasteiger partial charge in [0, 0.05) is 13.0 Å². The van der Waals surface area contributed by atoms with E-state index in [0.717, 1.165) is 11.1 Å². The Balaban J connectivity index is 1.72. The summed E-state index contributed by atoms with van der Waals surface area (Å²) in [7, 11) is 0. The maximum Gasteiger partial charge on any atom is 0.264 e. The molecule has 1 N–H and O–H groups in total. The van der Waals surface area contributed by atoms with Gasteiger partial charge in [-0.3, -0.25) is 14.2 Å². The van der Waals surface area contributed by atoms with Crippen molar-refractivity contribution in [1.29, 1.82) is 0 Å². The topological polar surface area (TPSA) is 81.8 Å². The Hall–Kier alpha value is -3.22. The molecule has 1 amide bonds. The molecule has 0 aliphatic rings. The zero-order valence-electron chi connectivity index (χ0n) is 15.4. The minimum absolute atomic E-state index is 0.0279. The van der Waals surface area contributed by atoms with Crippen LogP contribution in [0.1, 0.15) is 24.0 Å². The number of benzene rings is 1. The number of carbonyl (C=O) groups is 1. The molecule has 0 spiro atoms. The number of aryl methyl sites for hydroxylation is 1. The number of hydrogen-bond acceptors (Lipinski definition) is 4. The van der Waals surface area contributed by atoms with E-state index in [1.54, 1.807) is 21.7 Å². The number of hydrogen-bond donors (Lipinski definition) is 1. The summed E-state index contributed by atoms with van der Waals surface area (Å²) in [5.74, 6) is -0.0279. The molecule has 27 heavy (non-hydrogen) atoms. The summed E-state index contributed by atoms with van der Waals surface area (Å²) in [6, 6.07) is 8.04. The van der Waals surface area contributed by atoms with E-state index in [4.69, 9.17) is 0 Å². The second-order valence-electron chi connectivity index (χ2n) is 6.45. The van der Waals surface area contributed by atoms with Gasteiger partial charge in [0.2, 0.25) is 5.91 Å². The third kappa shape index (κ3) is 4.49. The van der Waals surface area contributed by atoms with E-state index in [0.29, 0.717) is 43.5 Å². The number of nitrogens with one attached hydrogen (secondary N) is 1. The van der Waals surface area contributed by atoms with Gasteiger partial charge in [-0.05, 0) is 18.9 Å². The third-order valence-corrected chi connectivity index (χ3v) is 4.28. The molecule has 2 heterocycles. The highest BCUT2D eigenvalue weighted by molar-refractivity contribution is 5.76. The van der Waals surface area contributed by atoms with E-state index in [2.05, 4.69) is 28.0 Å². The smallest absolute Gasteiger partial charge is 0.264 e. The summed E-state index contributed by atoms with van der Waals surface area (Å²) in [5, 5.41) is 7.55. The molecular weight excluding hydrogens is 342 g/mol. The molecule has 0 atom stereocenters. The van der Waals surface area contributed by atoms with Gasteiger partial charge >= 0.3 is 0 Å². The van der Waals surface area contributed by atoms with Crippen LogP contribution in [0.4, 0.5) is 0 Å². The average Bonchev–Trinajstić information content (AvgIpc) is 3.06. The first-order valence-electron chi connectivity index (χ1n) is 8.92. The first kappa shape index (κ1) is 18.6. The zero-order chi connectivity index (χ0) is 19.2. The number of amides is 1. The van der Waals surface area contributed by atoms with Crippen LogP contribution < -0.4 is 10.9 Å². The Labute approximate surface area is 157 Å². The second-order valence-corrected chi connectivity index (χ2v) is 6.45. The molecule has 3 rings (SSSR count). The predicted molar refractivity (Wildman–Crippen MR) is 105 cm³/mol. The molecule has 7 heteroatoms. The van der Waals surface area contributed by atoms with Crippen molar-refractivity contribution in [2.45, 2.75) is 32.9 Å². The molecular formula is C20H23N5O2. The lowest BCUT2D eigenvalue weighted by molar-refractivity contribution is -0.121. The molecule has 0 fully saturated rings. The molecule has 0 bridgehead atoms. The van der Waals surface area contributed by atoms with Gasteiger partial charge in [-0.15, -0.1) is 6.58 Å². The fourth-order valence-corrected chi connectivity index (χ4v) is 2.90. The number of rotatable bonds is 8. The summed E-state index contributed by atoms with van der Waals surface area (Å²) in [6.45, 7) is 6.98. The summed E-state index contributed by atoms with van der Waals surface area (Å²) >= 11 is 0. The molecule has 1 aromatic carbocycles. The Morgan fingerprint density at radius 3 is 3.00 bits per heavy atom. The summed E-state index contributed by atoms with van der Waals surface area (Å²) in [6.07, 6.45) is 5.88. The average molecular weight is 365 g/mol. The Kier molecular flexibility index (Phi) is 5.80. The molecule has 0 saturated heterocycles. The van der Waals surface area contributed by atoms with Gasteiger partial charge < -0.3 is 5.32 Å². The largest absolute Gasteiger partial charge is 0.354 e. The van der Waals surface area contributed by atoms with Gasteiger partial charge in [0.25, 0.3) is 5.56 Å². The van der Waals surface area contributed by atoms with Crippen molar-refractivity contribution in [3.63, 3.8) is 0 Å². The molecule has 0 radical (unpaired) electrons. The zero-order valence-corrected chi connectivity index (χ0v) is 15.4. The molecule has 0 unspecified atom stereocenters. The molecule has 140 valence electrons. The molecule has 7 nitrogen and oxygen atoms in total. The maximum absolute atomic E-state index is 12.7. The number of allylic oxidation sites excluding steroid dienone is 1. The molecule has 3 aromatic rings. The highest BCUT2D eigenvalue weighted by Crippen LogP contribution is 2.08. The lowest BCUT2D eigenvalue weighted by Gasteiger charge is -2.08. The number of carbonyl (C=O) groups excluding carboxylic acids is 1. The van der Waals surface area contributed by atoms with Gasteiger partial charge in [-0.2, -0.15) is 5.10 Å². The first-order valence-corrected chi connectivity index (χ1v) is 8.92. The van der Waals surface area contributed by atoms with Crippen molar-refractivity contribution in [2.24, 2.45) is 0 Å². The van der Waals surface area contributed by atoms with Gasteiger partial charge in [-0.25, -0.2) is 9.67 Å². The molecule has 2 aromatic heterocycles. The lowest BCUT2D eigenvalue weighted by Crippen LogP contribution is -2.27. The minimum Gasteiger partial charge on any atom is -0.354 e. The van der Waals surface area contributed by atoms with Crippen molar-refractivity contribution in [1.82, 2.24) is 24.6 Å². The van der Waals surface area contributed by atoms with Crippen LogP contribution >= 0.6 is 0 Å². The summed E-state index contributed by atoms with van der Waals surface area (Å²) in [5.41, 5.74) is 2.61. The van der Waals surface area contributed by atoms with Crippen molar-refractivity contribution in [3.05, 3.63) is 70.9 Å². The number of aromatic nitrogens is 4. The quantitative estimate of drug-likeness (QED) is 0.619. The van der Waals surface area contributed by atoms with E-state index in [-0.39, 0.29) is 11.5 Å². The van der Waals surface area contributed by atoms with E-state index in [1.165, 1.54) is 6.20 Å². The van der Waals surface area contributed by atoms with Crippen molar-refractivity contribution in [2.75, 3.05) is 6.54 Å². The summed E-state index contributed by atoms with van der Waals surface area (Å²) in [4.78, 5) is 28.8. The van der Waals surface area contributed by atoms with E-state index in [9.17, 15) is 9.59 Å². The van der Waals surface area contributed by atoms with Crippen LogP contribution in [0.5, 0.6) is 0 Å². The summed E-state index contributed by atoms with van der Waals surface area (Å²) < 4.78 is 3.22.